The molecular weight excluding hydrogens is 414 g/mol. The Morgan fingerprint density at radius 1 is 1.23 bits per heavy atom. The molecule has 1 atom stereocenters. The summed E-state index contributed by atoms with van der Waals surface area (Å²) in [6, 6.07) is 10.0. The number of rotatable bonds is 6. The molecule has 1 aliphatic heterocycles. The van der Waals surface area contributed by atoms with Crippen molar-refractivity contribution in [3.05, 3.63) is 86.8 Å². The Balaban J connectivity index is 1.81. The molecule has 1 aromatic carbocycles. The Morgan fingerprint density at radius 3 is 2.55 bits per heavy atom. The largest absolute Gasteiger partial charge is 0.503 e. The number of aliphatic hydroxyl groups excluding tert-OH is 1. The number of ether oxygens (including phenoxy) is 1. The molecule has 7 nitrogen and oxygen atoms in total. The molecule has 0 saturated carbocycles. The van der Waals surface area contributed by atoms with E-state index in [2.05, 4.69) is 9.97 Å². The number of Topliss-reactive ketones (excluding diaryl/α,β-unsaturated/α-hetero) is 1. The standard InChI is InChI=1S/C23H21N3O4S/c1-13-22(31-14(2)25-13)20(27)18-19(16-6-8-17(30-3)9-7-16)26(23(29)21(18)28)12-15-5-4-10-24-11-15/h4-11,19,28H,12H2,1-3H3/t19-/m1/s1. The first-order valence-electron chi connectivity index (χ1n) is 9.66. The quantitative estimate of drug-likeness (QED) is 0.590. The van der Waals surface area contributed by atoms with Crippen molar-refractivity contribution in [1.82, 2.24) is 14.9 Å². The maximum atomic E-state index is 13.5. The summed E-state index contributed by atoms with van der Waals surface area (Å²) in [6.07, 6.45) is 3.31. The Bertz CT molecular complexity index is 1170. The van der Waals surface area contributed by atoms with Gasteiger partial charge in [-0.1, -0.05) is 18.2 Å². The maximum Gasteiger partial charge on any atom is 0.290 e. The van der Waals surface area contributed by atoms with Crippen LogP contribution in [0.2, 0.25) is 0 Å². The van der Waals surface area contributed by atoms with E-state index in [0.29, 0.717) is 21.9 Å². The molecule has 0 unspecified atom stereocenters. The Labute approximate surface area is 183 Å². The summed E-state index contributed by atoms with van der Waals surface area (Å²) in [4.78, 5) is 36.9. The van der Waals surface area contributed by atoms with Gasteiger partial charge >= 0.3 is 0 Å². The second-order valence-corrected chi connectivity index (χ2v) is 8.41. The van der Waals surface area contributed by atoms with E-state index in [9.17, 15) is 14.7 Å². The molecule has 3 aromatic rings. The molecule has 0 radical (unpaired) electrons. The number of carbonyl (C=O) groups is 2. The first kappa shape index (κ1) is 20.7. The zero-order chi connectivity index (χ0) is 22.1. The Kier molecular flexibility index (Phi) is 5.56. The van der Waals surface area contributed by atoms with Gasteiger partial charge in [0, 0.05) is 18.9 Å². The van der Waals surface area contributed by atoms with Crippen LogP contribution in [-0.2, 0) is 11.3 Å². The third kappa shape index (κ3) is 3.82. The van der Waals surface area contributed by atoms with Crippen molar-refractivity contribution in [3.63, 3.8) is 0 Å². The smallest absolute Gasteiger partial charge is 0.290 e. The van der Waals surface area contributed by atoms with Crippen molar-refractivity contribution >= 4 is 23.0 Å². The fourth-order valence-electron chi connectivity index (χ4n) is 3.73. The lowest BCUT2D eigenvalue weighted by Crippen LogP contribution is -2.30. The summed E-state index contributed by atoms with van der Waals surface area (Å²) in [7, 11) is 1.57. The van der Waals surface area contributed by atoms with E-state index >= 15 is 0 Å². The predicted molar refractivity (Wildman–Crippen MR) is 116 cm³/mol. The molecule has 158 valence electrons. The number of amides is 1. The SMILES string of the molecule is COc1ccc([C@@H]2C(C(=O)c3sc(C)nc3C)=C(O)C(=O)N2Cc2cccnc2)cc1. The lowest BCUT2D eigenvalue weighted by atomic mass is 9.95. The number of hydrogen-bond acceptors (Lipinski definition) is 7. The van der Waals surface area contributed by atoms with Crippen LogP contribution in [-0.4, -0.2) is 38.8 Å². The van der Waals surface area contributed by atoms with Crippen LogP contribution < -0.4 is 4.74 Å². The summed E-state index contributed by atoms with van der Waals surface area (Å²) in [5, 5.41) is 11.5. The maximum absolute atomic E-state index is 13.5. The van der Waals surface area contributed by atoms with E-state index in [1.807, 2.05) is 13.0 Å². The fraction of sp³-hybridized carbons (Fsp3) is 0.217. The van der Waals surface area contributed by atoms with E-state index in [-0.39, 0.29) is 17.9 Å². The number of aliphatic hydroxyl groups is 1. The zero-order valence-corrected chi connectivity index (χ0v) is 18.1. The highest BCUT2D eigenvalue weighted by Gasteiger charge is 2.44. The average molecular weight is 436 g/mol. The Morgan fingerprint density at radius 2 is 1.97 bits per heavy atom. The first-order valence-corrected chi connectivity index (χ1v) is 10.5. The van der Waals surface area contributed by atoms with Crippen molar-refractivity contribution in [1.29, 1.82) is 0 Å². The molecule has 8 heteroatoms. The molecule has 0 aliphatic carbocycles. The number of thiazole rings is 1. The molecule has 1 amide bonds. The fourth-order valence-corrected chi connectivity index (χ4v) is 4.61. The number of carbonyl (C=O) groups excluding carboxylic acids is 2. The third-order valence-electron chi connectivity index (χ3n) is 5.17. The van der Waals surface area contributed by atoms with Gasteiger partial charge in [-0.05, 0) is 43.2 Å². The molecule has 0 saturated heterocycles. The molecule has 31 heavy (non-hydrogen) atoms. The highest BCUT2D eigenvalue weighted by atomic mass is 32.1. The van der Waals surface area contributed by atoms with Crippen molar-refractivity contribution in [2.45, 2.75) is 26.4 Å². The van der Waals surface area contributed by atoms with E-state index in [4.69, 9.17) is 4.74 Å². The van der Waals surface area contributed by atoms with E-state index in [1.165, 1.54) is 16.2 Å². The molecule has 1 N–H and O–H groups in total. The van der Waals surface area contributed by atoms with Crippen molar-refractivity contribution in [2.75, 3.05) is 7.11 Å². The van der Waals surface area contributed by atoms with Gasteiger partial charge in [0.1, 0.15) is 5.75 Å². The summed E-state index contributed by atoms with van der Waals surface area (Å²) in [5.41, 5.74) is 2.13. The molecular formula is C23H21N3O4S. The van der Waals surface area contributed by atoms with Gasteiger partial charge in [-0.15, -0.1) is 11.3 Å². The number of aromatic nitrogens is 2. The van der Waals surface area contributed by atoms with Crippen LogP contribution in [0.1, 0.15) is 37.5 Å². The number of ketones is 1. The molecule has 0 bridgehead atoms. The number of nitrogens with zero attached hydrogens (tertiary/aromatic N) is 3. The van der Waals surface area contributed by atoms with Gasteiger partial charge in [0.2, 0.25) is 5.78 Å². The van der Waals surface area contributed by atoms with Gasteiger partial charge in [0.25, 0.3) is 5.91 Å². The van der Waals surface area contributed by atoms with Crippen LogP contribution in [0.4, 0.5) is 0 Å². The average Bonchev–Trinajstić information content (AvgIpc) is 3.24. The highest BCUT2D eigenvalue weighted by molar-refractivity contribution is 7.14. The molecule has 2 aromatic heterocycles. The number of methoxy groups -OCH3 is 1. The Hall–Kier alpha value is -3.52. The topological polar surface area (TPSA) is 92.6 Å². The van der Waals surface area contributed by atoms with Crippen LogP contribution >= 0.6 is 11.3 Å². The van der Waals surface area contributed by atoms with Gasteiger partial charge in [0.05, 0.1) is 34.3 Å². The molecule has 0 fully saturated rings. The second-order valence-electron chi connectivity index (χ2n) is 7.21. The lowest BCUT2D eigenvalue weighted by Gasteiger charge is -2.27. The summed E-state index contributed by atoms with van der Waals surface area (Å²) in [5.74, 6) is -0.850. The van der Waals surface area contributed by atoms with E-state index < -0.39 is 17.7 Å². The van der Waals surface area contributed by atoms with Crippen LogP contribution in [0, 0.1) is 13.8 Å². The van der Waals surface area contributed by atoms with Gasteiger partial charge < -0.3 is 14.7 Å². The number of hydrogen-bond donors (Lipinski definition) is 1. The van der Waals surface area contributed by atoms with Crippen molar-refractivity contribution in [2.24, 2.45) is 0 Å². The zero-order valence-electron chi connectivity index (χ0n) is 17.3. The molecule has 4 rings (SSSR count). The molecule has 1 aliphatic rings. The van der Waals surface area contributed by atoms with Crippen LogP contribution in [0.5, 0.6) is 5.75 Å². The normalized spacial score (nSPS) is 16.2. The van der Waals surface area contributed by atoms with Crippen LogP contribution in [0.3, 0.4) is 0 Å². The van der Waals surface area contributed by atoms with Crippen molar-refractivity contribution in [3.8, 4) is 5.75 Å². The number of aryl methyl sites for hydroxylation is 2. The lowest BCUT2D eigenvalue weighted by molar-refractivity contribution is -0.130. The second kappa shape index (κ2) is 8.31. The highest BCUT2D eigenvalue weighted by Crippen LogP contribution is 2.41. The van der Waals surface area contributed by atoms with Crippen LogP contribution in [0.15, 0.2) is 60.1 Å². The van der Waals surface area contributed by atoms with Gasteiger partial charge in [-0.3, -0.25) is 14.6 Å². The minimum atomic E-state index is -0.743. The first-order chi connectivity index (χ1) is 14.9. The molecule has 0 spiro atoms. The van der Waals surface area contributed by atoms with Crippen molar-refractivity contribution < 1.29 is 19.4 Å². The number of benzene rings is 1. The molecule has 3 heterocycles. The van der Waals surface area contributed by atoms with Gasteiger partial charge in [-0.25, -0.2) is 4.98 Å². The third-order valence-corrected chi connectivity index (χ3v) is 6.24. The monoisotopic (exact) mass is 435 g/mol. The van der Waals surface area contributed by atoms with Gasteiger partial charge in [0.15, 0.2) is 5.76 Å². The van der Waals surface area contributed by atoms with E-state index in [1.54, 1.807) is 56.8 Å². The van der Waals surface area contributed by atoms with Crippen LogP contribution in [0.25, 0.3) is 0 Å². The van der Waals surface area contributed by atoms with E-state index in [0.717, 1.165) is 10.6 Å². The number of pyridine rings is 1. The summed E-state index contributed by atoms with van der Waals surface area (Å²) in [6.45, 7) is 3.77. The summed E-state index contributed by atoms with van der Waals surface area (Å²) >= 11 is 1.26. The minimum Gasteiger partial charge on any atom is -0.503 e. The van der Waals surface area contributed by atoms with Gasteiger partial charge in [-0.2, -0.15) is 0 Å². The summed E-state index contributed by atoms with van der Waals surface area (Å²) < 4.78 is 5.23. The predicted octanol–water partition coefficient (Wildman–Crippen LogP) is 3.94. The minimum absolute atomic E-state index is 0.0609.